The molecule has 0 N–H and O–H groups in total. The molecule has 1 rings (SSSR count). The van der Waals surface area contributed by atoms with Gasteiger partial charge in [-0.25, -0.2) is 0 Å². The molecule has 0 aliphatic heterocycles. The summed E-state index contributed by atoms with van der Waals surface area (Å²) in [5.41, 5.74) is 2.53. The Kier molecular flexibility index (Phi) is 4.35. The van der Waals surface area contributed by atoms with E-state index in [2.05, 4.69) is 56.6 Å². The number of benzene rings is 1. The monoisotopic (exact) mass is 202 g/mol. The molecule has 14 heavy (non-hydrogen) atoms. The van der Waals surface area contributed by atoms with Crippen LogP contribution in [0.5, 0.6) is 0 Å². The lowest BCUT2D eigenvalue weighted by Crippen LogP contribution is -1.79. The SMILES string of the molecule is C=P/C(C)=C/C(=C\C)c1ccccc1. The molecular formula is C13H15P. The molecule has 0 bridgehead atoms. The van der Waals surface area contributed by atoms with Gasteiger partial charge >= 0.3 is 0 Å². The Morgan fingerprint density at radius 3 is 2.43 bits per heavy atom. The fourth-order valence-electron chi connectivity index (χ4n) is 1.23. The van der Waals surface area contributed by atoms with Crippen molar-refractivity contribution in [3.05, 3.63) is 53.4 Å². The molecule has 0 unspecified atom stereocenters. The molecular weight excluding hydrogens is 187 g/mol. The average molecular weight is 202 g/mol. The number of allylic oxidation sites excluding steroid dienone is 4. The minimum atomic E-state index is 1.09. The van der Waals surface area contributed by atoms with Crippen molar-refractivity contribution >= 4 is 20.1 Å². The maximum atomic E-state index is 3.84. The van der Waals surface area contributed by atoms with E-state index in [9.17, 15) is 0 Å². The van der Waals surface area contributed by atoms with Crippen LogP contribution in [0.1, 0.15) is 19.4 Å². The number of rotatable bonds is 3. The molecule has 0 spiro atoms. The molecule has 0 aromatic heterocycles. The van der Waals surface area contributed by atoms with Gasteiger partial charge in [-0.3, -0.25) is 0 Å². The average Bonchev–Trinajstić information content (AvgIpc) is 2.26. The molecule has 0 atom stereocenters. The van der Waals surface area contributed by atoms with Gasteiger partial charge in [0.25, 0.3) is 0 Å². The lowest BCUT2D eigenvalue weighted by molar-refractivity contribution is 1.57. The second-order valence-corrected chi connectivity index (χ2v) is 4.08. The van der Waals surface area contributed by atoms with Gasteiger partial charge in [-0.15, -0.1) is 0 Å². The van der Waals surface area contributed by atoms with Crippen molar-refractivity contribution in [1.29, 1.82) is 0 Å². The van der Waals surface area contributed by atoms with E-state index in [0.717, 1.165) is 8.20 Å². The largest absolute Gasteiger partial charge is 0.0812 e. The molecule has 1 heteroatoms. The molecule has 0 aliphatic rings. The van der Waals surface area contributed by atoms with E-state index in [4.69, 9.17) is 0 Å². The van der Waals surface area contributed by atoms with Crippen molar-refractivity contribution in [1.82, 2.24) is 0 Å². The third-order valence-electron chi connectivity index (χ3n) is 2.03. The minimum Gasteiger partial charge on any atom is -0.0812 e. The molecule has 0 fully saturated rings. The zero-order valence-electron chi connectivity index (χ0n) is 8.70. The van der Waals surface area contributed by atoms with E-state index in [1.165, 1.54) is 16.5 Å². The Morgan fingerprint density at radius 1 is 1.29 bits per heavy atom. The summed E-state index contributed by atoms with van der Waals surface area (Å²) in [4.78, 5) is 0. The molecule has 0 radical (unpaired) electrons. The molecule has 0 amide bonds. The third kappa shape index (κ3) is 2.97. The first kappa shape index (κ1) is 10.9. The predicted octanol–water partition coefficient (Wildman–Crippen LogP) is 4.37. The van der Waals surface area contributed by atoms with Crippen molar-refractivity contribution in [2.24, 2.45) is 0 Å². The van der Waals surface area contributed by atoms with E-state index in [1.807, 2.05) is 6.07 Å². The van der Waals surface area contributed by atoms with Crippen molar-refractivity contribution in [2.75, 3.05) is 0 Å². The maximum Gasteiger partial charge on any atom is -0.0187 e. The Morgan fingerprint density at radius 2 is 1.93 bits per heavy atom. The van der Waals surface area contributed by atoms with Crippen LogP contribution in [0.15, 0.2) is 47.8 Å². The summed E-state index contributed by atoms with van der Waals surface area (Å²) in [5, 5.41) is 1.28. The van der Waals surface area contributed by atoms with Gasteiger partial charge in [0, 0.05) is 0 Å². The Hall–Kier alpha value is -1.13. The molecule has 0 aliphatic carbocycles. The first-order valence-corrected chi connectivity index (χ1v) is 5.72. The van der Waals surface area contributed by atoms with Gasteiger partial charge in [-0.1, -0.05) is 50.9 Å². The first-order chi connectivity index (χ1) is 6.77. The zero-order chi connectivity index (χ0) is 10.4. The van der Waals surface area contributed by atoms with Gasteiger partial charge in [0.1, 0.15) is 0 Å². The van der Waals surface area contributed by atoms with Crippen LogP contribution in [0.3, 0.4) is 0 Å². The second kappa shape index (κ2) is 5.57. The summed E-state index contributed by atoms with van der Waals surface area (Å²) < 4.78 is 0. The summed E-state index contributed by atoms with van der Waals surface area (Å²) in [6.07, 6.45) is 8.16. The smallest absolute Gasteiger partial charge is 0.0187 e. The van der Waals surface area contributed by atoms with Crippen molar-refractivity contribution in [3.63, 3.8) is 0 Å². The molecule has 0 heterocycles. The van der Waals surface area contributed by atoms with Crippen LogP contribution in [0.4, 0.5) is 0 Å². The molecule has 1 aromatic carbocycles. The summed E-state index contributed by atoms with van der Waals surface area (Å²) in [5.74, 6) is 0. The second-order valence-electron chi connectivity index (χ2n) is 3.05. The highest BCUT2D eigenvalue weighted by Gasteiger charge is 1.95. The Bertz CT molecular complexity index is 358. The van der Waals surface area contributed by atoms with E-state index < -0.39 is 0 Å². The quantitative estimate of drug-likeness (QED) is 0.504. The summed E-state index contributed by atoms with van der Waals surface area (Å²) in [6, 6.07) is 10.4. The van der Waals surface area contributed by atoms with E-state index in [-0.39, 0.29) is 0 Å². The molecule has 0 saturated heterocycles. The molecule has 72 valence electrons. The van der Waals surface area contributed by atoms with Gasteiger partial charge in [0.05, 0.1) is 0 Å². The van der Waals surface area contributed by atoms with Gasteiger partial charge in [0.2, 0.25) is 0 Å². The topological polar surface area (TPSA) is 0 Å². The summed E-state index contributed by atoms with van der Waals surface area (Å²) >= 11 is 0. The first-order valence-electron chi connectivity index (χ1n) is 4.64. The summed E-state index contributed by atoms with van der Waals surface area (Å²) in [6.45, 7) is 4.16. The highest BCUT2D eigenvalue weighted by atomic mass is 31.1. The normalized spacial score (nSPS) is 13.3. The van der Waals surface area contributed by atoms with E-state index in [0.29, 0.717) is 0 Å². The molecule has 0 nitrogen and oxygen atoms in total. The van der Waals surface area contributed by atoms with Crippen LogP contribution < -0.4 is 0 Å². The fourth-order valence-corrected chi connectivity index (χ4v) is 1.46. The van der Waals surface area contributed by atoms with Crippen molar-refractivity contribution in [2.45, 2.75) is 13.8 Å². The van der Waals surface area contributed by atoms with Crippen LogP contribution >= 0.6 is 8.20 Å². The van der Waals surface area contributed by atoms with Gasteiger partial charge in [-0.2, -0.15) is 0 Å². The van der Waals surface area contributed by atoms with Crippen LogP contribution in [-0.2, 0) is 0 Å². The standard InChI is InChI=1S/C13H15P/c1-4-12(10-11(2)14-3)13-8-6-5-7-9-13/h4-10H,3H2,1-2H3/b11-10+,12-4+. The predicted molar refractivity (Wildman–Crippen MR) is 67.9 cm³/mol. The Balaban J connectivity index is 3.02. The van der Waals surface area contributed by atoms with Crippen LogP contribution in [-0.4, -0.2) is 6.30 Å². The minimum absolute atomic E-state index is 1.09. The van der Waals surface area contributed by atoms with Crippen molar-refractivity contribution < 1.29 is 0 Å². The maximum absolute atomic E-state index is 3.84. The molecule has 0 saturated carbocycles. The lowest BCUT2D eigenvalue weighted by Gasteiger charge is -2.02. The fraction of sp³-hybridized carbons (Fsp3) is 0.154. The summed E-state index contributed by atoms with van der Waals surface area (Å²) in [7, 11) is 1.09. The number of hydrogen-bond acceptors (Lipinski definition) is 0. The molecule has 1 aromatic rings. The lowest BCUT2D eigenvalue weighted by atomic mass is 10.1. The van der Waals surface area contributed by atoms with E-state index >= 15 is 0 Å². The Labute approximate surface area is 87.8 Å². The highest BCUT2D eigenvalue weighted by molar-refractivity contribution is 7.41. The van der Waals surface area contributed by atoms with Gasteiger partial charge < -0.3 is 0 Å². The van der Waals surface area contributed by atoms with Crippen LogP contribution in [0, 0.1) is 0 Å². The number of hydrogen-bond donors (Lipinski definition) is 0. The highest BCUT2D eigenvalue weighted by Crippen LogP contribution is 2.20. The van der Waals surface area contributed by atoms with Gasteiger partial charge in [-0.05, 0) is 36.4 Å². The van der Waals surface area contributed by atoms with Crippen molar-refractivity contribution in [3.8, 4) is 0 Å². The zero-order valence-corrected chi connectivity index (χ0v) is 9.59. The third-order valence-corrected chi connectivity index (χ3v) is 2.66. The van der Waals surface area contributed by atoms with Crippen LogP contribution in [0.25, 0.3) is 5.57 Å². The van der Waals surface area contributed by atoms with Gasteiger partial charge in [0.15, 0.2) is 0 Å². The van der Waals surface area contributed by atoms with E-state index in [1.54, 1.807) is 0 Å². The van der Waals surface area contributed by atoms with Crippen LogP contribution in [0.2, 0.25) is 0 Å².